The van der Waals surface area contributed by atoms with E-state index in [0.29, 0.717) is 16.5 Å². The number of nitrogens with two attached hydrogens (primary N) is 2. The standard InChI is InChI=1S/C25H23ClN8S/c1-2-15-3-4-16-12-25(21(27)17(16)11-15)6-9-33(10-7-25)23-24-31-14-32-34(24)19(13-30-23)35-18-5-8-29-22(28)20(18)26/h1,3-5,8,11,13-14,21H,6-7,9-10,12,27H2,(H2,28,29)/t21-/m1/s1. The molecule has 176 valence electrons. The lowest BCUT2D eigenvalue weighted by molar-refractivity contribution is 0.187. The van der Waals surface area contributed by atoms with E-state index < -0.39 is 0 Å². The van der Waals surface area contributed by atoms with Crippen LogP contribution in [0, 0.1) is 17.8 Å². The highest BCUT2D eigenvalue weighted by Gasteiger charge is 2.46. The predicted molar refractivity (Wildman–Crippen MR) is 137 cm³/mol. The van der Waals surface area contributed by atoms with Crippen LogP contribution in [0.4, 0.5) is 11.6 Å². The Hall–Kier alpha value is -3.32. The van der Waals surface area contributed by atoms with Crippen LogP contribution < -0.4 is 16.4 Å². The molecule has 4 N–H and O–H groups in total. The number of terminal acetylenes is 1. The van der Waals surface area contributed by atoms with E-state index in [1.54, 1.807) is 23.2 Å². The molecule has 0 amide bonds. The second kappa shape index (κ2) is 8.41. The number of pyridine rings is 1. The number of nitrogens with zero attached hydrogens (tertiary/aromatic N) is 6. The maximum absolute atomic E-state index is 6.80. The van der Waals surface area contributed by atoms with E-state index in [9.17, 15) is 0 Å². The van der Waals surface area contributed by atoms with Crippen molar-refractivity contribution in [3.63, 3.8) is 0 Å². The average molecular weight is 503 g/mol. The Labute approximate surface area is 212 Å². The molecule has 1 atom stereocenters. The fourth-order valence-corrected chi connectivity index (χ4v) is 6.42. The quantitative estimate of drug-likeness (QED) is 0.408. The van der Waals surface area contributed by atoms with Gasteiger partial charge in [0.15, 0.2) is 11.5 Å². The first-order chi connectivity index (χ1) is 17.0. The first-order valence-electron chi connectivity index (χ1n) is 11.4. The smallest absolute Gasteiger partial charge is 0.199 e. The summed E-state index contributed by atoms with van der Waals surface area (Å²) in [4.78, 5) is 16.4. The Kier molecular flexibility index (Phi) is 5.33. The summed E-state index contributed by atoms with van der Waals surface area (Å²) >= 11 is 7.77. The largest absolute Gasteiger partial charge is 0.382 e. The molecule has 3 aromatic heterocycles. The monoisotopic (exact) mass is 502 g/mol. The Morgan fingerprint density at radius 3 is 2.80 bits per heavy atom. The van der Waals surface area contributed by atoms with Gasteiger partial charge in [0.05, 0.1) is 11.2 Å². The van der Waals surface area contributed by atoms with Crippen LogP contribution in [0.1, 0.15) is 35.6 Å². The predicted octanol–water partition coefficient (Wildman–Crippen LogP) is 3.73. The van der Waals surface area contributed by atoms with Gasteiger partial charge in [0.2, 0.25) is 0 Å². The number of anilines is 2. The number of fused-ring (bicyclic) bond motifs is 2. The number of hydrogen-bond donors (Lipinski definition) is 2. The summed E-state index contributed by atoms with van der Waals surface area (Å²) in [5.41, 5.74) is 16.8. The van der Waals surface area contributed by atoms with Crippen molar-refractivity contribution in [3.8, 4) is 12.3 Å². The van der Waals surface area contributed by atoms with Gasteiger partial charge in [-0.05, 0) is 54.0 Å². The molecule has 6 rings (SSSR count). The number of halogens is 1. The highest BCUT2D eigenvalue weighted by molar-refractivity contribution is 7.99. The van der Waals surface area contributed by atoms with Gasteiger partial charge in [0, 0.05) is 35.8 Å². The molecule has 1 aliphatic heterocycles. The lowest BCUT2D eigenvalue weighted by atomic mass is 9.73. The molecule has 4 heterocycles. The van der Waals surface area contributed by atoms with Crippen LogP contribution in [0.5, 0.6) is 0 Å². The van der Waals surface area contributed by atoms with E-state index >= 15 is 0 Å². The van der Waals surface area contributed by atoms with Gasteiger partial charge in [-0.25, -0.2) is 19.5 Å². The highest BCUT2D eigenvalue weighted by atomic mass is 35.5. The molecule has 1 spiro atoms. The third kappa shape index (κ3) is 3.60. The fraction of sp³-hybridized carbons (Fsp3) is 0.280. The van der Waals surface area contributed by atoms with Crippen molar-refractivity contribution >= 4 is 40.6 Å². The third-order valence-corrected chi connectivity index (χ3v) is 8.81. The maximum Gasteiger partial charge on any atom is 0.199 e. The molecule has 35 heavy (non-hydrogen) atoms. The van der Waals surface area contributed by atoms with E-state index in [4.69, 9.17) is 34.5 Å². The molecule has 4 aromatic rings. The summed E-state index contributed by atoms with van der Waals surface area (Å²) in [6.45, 7) is 1.69. The van der Waals surface area contributed by atoms with Crippen molar-refractivity contribution in [3.05, 3.63) is 64.7 Å². The van der Waals surface area contributed by atoms with Gasteiger partial charge in [-0.15, -0.1) is 6.42 Å². The van der Waals surface area contributed by atoms with Crippen LogP contribution in [0.15, 0.2) is 52.9 Å². The summed E-state index contributed by atoms with van der Waals surface area (Å²) in [7, 11) is 0. The van der Waals surface area contributed by atoms with Crippen LogP contribution in [0.2, 0.25) is 5.02 Å². The molecular formula is C25H23ClN8S. The lowest BCUT2D eigenvalue weighted by Crippen LogP contribution is -2.44. The second-order valence-electron chi connectivity index (χ2n) is 9.09. The summed E-state index contributed by atoms with van der Waals surface area (Å²) in [5, 5.41) is 5.65. The summed E-state index contributed by atoms with van der Waals surface area (Å²) < 4.78 is 1.79. The normalized spacial score (nSPS) is 18.7. The van der Waals surface area contributed by atoms with Crippen molar-refractivity contribution in [2.45, 2.75) is 35.2 Å². The number of benzene rings is 1. The Morgan fingerprint density at radius 1 is 1.17 bits per heavy atom. The van der Waals surface area contributed by atoms with Crippen molar-refractivity contribution in [2.75, 3.05) is 23.7 Å². The van der Waals surface area contributed by atoms with E-state index in [2.05, 4.69) is 38.0 Å². The first kappa shape index (κ1) is 22.2. The zero-order chi connectivity index (χ0) is 24.2. The molecule has 0 saturated carbocycles. The third-order valence-electron chi connectivity index (χ3n) is 7.26. The molecule has 0 bridgehead atoms. The average Bonchev–Trinajstić information content (AvgIpc) is 3.47. The second-order valence-corrected chi connectivity index (χ2v) is 10.5. The molecule has 2 aliphatic rings. The van der Waals surface area contributed by atoms with Crippen LogP contribution in [0.25, 0.3) is 5.65 Å². The van der Waals surface area contributed by atoms with Gasteiger partial charge < -0.3 is 16.4 Å². The maximum atomic E-state index is 6.80. The van der Waals surface area contributed by atoms with Crippen molar-refractivity contribution in [1.29, 1.82) is 0 Å². The number of aromatic nitrogens is 5. The van der Waals surface area contributed by atoms with E-state index in [-0.39, 0.29) is 11.5 Å². The lowest BCUT2D eigenvalue weighted by Gasteiger charge is -2.42. The van der Waals surface area contributed by atoms with Crippen LogP contribution in [-0.4, -0.2) is 37.7 Å². The SMILES string of the molecule is C#Cc1ccc2c(c1)[C@@H](N)C1(CCN(c3ncc(Sc4ccnc(N)c4Cl)n4ncnc34)CC1)C2. The van der Waals surface area contributed by atoms with Crippen molar-refractivity contribution in [2.24, 2.45) is 11.1 Å². The molecule has 1 fully saturated rings. The number of piperidine rings is 1. The van der Waals surface area contributed by atoms with E-state index in [1.807, 2.05) is 12.1 Å². The van der Waals surface area contributed by atoms with Gasteiger partial charge >= 0.3 is 0 Å². The van der Waals surface area contributed by atoms with E-state index in [1.165, 1.54) is 22.9 Å². The molecule has 1 saturated heterocycles. The Bertz CT molecular complexity index is 1480. The van der Waals surface area contributed by atoms with Gasteiger partial charge in [-0.2, -0.15) is 5.10 Å². The number of rotatable bonds is 3. The molecule has 1 aromatic carbocycles. The van der Waals surface area contributed by atoms with Gasteiger partial charge in [0.1, 0.15) is 17.2 Å². The van der Waals surface area contributed by atoms with Gasteiger partial charge in [-0.1, -0.05) is 35.3 Å². The van der Waals surface area contributed by atoms with Gasteiger partial charge in [-0.3, -0.25) is 0 Å². The van der Waals surface area contributed by atoms with Crippen molar-refractivity contribution in [1.82, 2.24) is 24.6 Å². The summed E-state index contributed by atoms with van der Waals surface area (Å²) in [6.07, 6.45) is 13.5. The molecule has 1 aliphatic carbocycles. The van der Waals surface area contributed by atoms with Crippen molar-refractivity contribution < 1.29 is 0 Å². The van der Waals surface area contributed by atoms with Crippen LogP contribution in [-0.2, 0) is 6.42 Å². The Balaban J connectivity index is 1.24. The molecular weight excluding hydrogens is 480 g/mol. The van der Waals surface area contributed by atoms with Crippen LogP contribution in [0.3, 0.4) is 0 Å². The Morgan fingerprint density at radius 2 is 2.00 bits per heavy atom. The van der Waals surface area contributed by atoms with Crippen LogP contribution >= 0.6 is 23.4 Å². The van der Waals surface area contributed by atoms with E-state index in [0.717, 1.165) is 53.7 Å². The minimum atomic E-state index is -0.00894. The molecule has 0 unspecified atom stereocenters. The molecule has 10 heteroatoms. The number of hydrogen-bond acceptors (Lipinski definition) is 8. The summed E-state index contributed by atoms with van der Waals surface area (Å²) in [6, 6.07) is 8.05. The summed E-state index contributed by atoms with van der Waals surface area (Å²) in [5.74, 6) is 3.84. The zero-order valence-corrected chi connectivity index (χ0v) is 20.4. The highest BCUT2D eigenvalue weighted by Crippen LogP contribution is 2.51. The molecule has 0 radical (unpaired) electrons. The first-order valence-corrected chi connectivity index (χ1v) is 12.5. The topological polar surface area (TPSA) is 111 Å². The zero-order valence-electron chi connectivity index (χ0n) is 18.9. The fourth-order valence-electron chi connectivity index (χ4n) is 5.32. The molecule has 8 nitrogen and oxygen atoms in total. The minimum absolute atomic E-state index is 0.00894. The minimum Gasteiger partial charge on any atom is -0.382 e. The van der Waals surface area contributed by atoms with Gasteiger partial charge in [0.25, 0.3) is 0 Å². The number of nitrogen functional groups attached to an aromatic ring is 1.